The predicted molar refractivity (Wildman–Crippen MR) is 157 cm³/mol. The normalized spacial score (nSPS) is 25.8. The maximum absolute atomic E-state index is 12.9. The van der Waals surface area contributed by atoms with E-state index < -0.39 is 52.0 Å². The number of benzene rings is 2. The number of nitrogens with one attached hydrogen (secondary N) is 1. The molecule has 2 aliphatic heterocycles. The number of anilines is 1. The number of nitrogens with zero attached hydrogens (tertiary/aromatic N) is 3. The van der Waals surface area contributed by atoms with Crippen LogP contribution in [0.15, 0.2) is 53.4 Å². The van der Waals surface area contributed by atoms with Gasteiger partial charge in [0.25, 0.3) is 10.0 Å². The van der Waals surface area contributed by atoms with Gasteiger partial charge in [-0.1, -0.05) is 25.1 Å². The van der Waals surface area contributed by atoms with Crippen molar-refractivity contribution >= 4 is 32.6 Å². The number of aliphatic hydroxyl groups is 3. The van der Waals surface area contributed by atoms with E-state index in [4.69, 9.17) is 4.74 Å². The van der Waals surface area contributed by atoms with Crippen molar-refractivity contribution in [1.82, 2.24) is 9.29 Å². The van der Waals surface area contributed by atoms with Crippen LogP contribution in [0, 0.1) is 17.2 Å². The van der Waals surface area contributed by atoms with Crippen LogP contribution in [0.25, 0.3) is 28.1 Å². The highest BCUT2D eigenvalue weighted by Gasteiger charge is 2.41. The second kappa shape index (κ2) is 11.9. The Hall–Kier alpha value is -3.24. The molecule has 0 bridgehead atoms. The van der Waals surface area contributed by atoms with Crippen LogP contribution in [-0.4, -0.2) is 72.5 Å². The minimum atomic E-state index is -4.28. The zero-order valence-corrected chi connectivity index (χ0v) is 24.0. The molecule has 1 unspecified atom stereocenters. The van der Waals surface area contributed by atoms with E-state index in [1.165, 1.54) is 37.9 Å². The van der Waals surface area contributed by atoms with Gasteiger partial charge in [-0.25, -0.2) is 13.1 Å². The number of piperidine rings is 1. The van der Waals surface area contributed by atoms with E-state index in [1.807, 2.05) is 16.7 Å². The fourth-order valence-corrected chi connectivity index (χ4v) is 6.46. The first kappa shape index (κ1) is 29.3. The summed E-state index contributed by atoms with van der Waals surface area (Å²) in [6, 6.07) is 18.1. The van der Waals surface area contributed by atoms with Crippen molar-refractivity contribution in [3.8, 4) is 17.3 Å². The highest BCUT2D eigenvalue weighted by molar-refractivity contribution is 7.93. The van der Waals surface area contributed by atoms with Crippen molar-refractivity contribution in [1.29, 1.82) is 5.26 Å². The molecule has 11 heteroatoms. The molecule has 5 atom stereocenters. The summed E-state index contributed by atoms with van der Waals surface area (Å²) in [7, 11) is -2.48. The number of aromatic nitrogens is 1. The van der Waals surface area contributed by atoms with Crippen molar-refractivity contribution in [2.24, 2.45) is 13.0 Å². The summed E-state index contributed by atoms with van der Waals surface area (Å²) in [5, 5.41) is 42.2. The average molecular weight is 581 g/mol. The molecule has 4 N–H and O–H groups in total. The molecule has 5 rings (SSSR count). The van der Waals surface area contributed by atoms with E-state index in [-0.39, 0.29) is 0 Å². The van der Waals surface area contributed by atoms with Crippen molar-refractivity contribution in [3.63, 3.8) is 0 Å². The maximum Gasteiger partial charge on any atom is 0.250 e. The van der Waals surface area contributed by atoms with Gasteiger partial charge in [0.05, 0.1) is 6.10 Å². The molecule has 3 aromatic rings. The third-order valence-electron chi connectivity index (χ3n) is 8.19. The molecule has 0 saturated carbocycles. The largest absolute Gasteiger partial charge is 0.390 e. The van der Waals surface area contributed by atoms with Gasteiger partial charge in [0.2, 0.25) is 0 Å². The highest BCUT2D eigenvalue weighted by atomic mass is 32.2. The number of hydrogen-bond donors (Lipinski definition) is 4. The van der Waals surface area contributed by atoms with Crippen LogP contribution >= 0.6 is 0 Å². The lowest BCUT2D eigenvalue weighted by molar-refractivity contribution is -0.257. The van der Waals surface area contributed by atoms with Gasteiger partial charge in [0.1, 0.15) is 18.3 Å². The van der Waals surface area contributed by atoms with Crippen molar-refractivity contribution in [2.75, 3.05) is 24.5 Å². The zero-order valence-electron chi connectivity index (χ0n) is 23.1. The number of ether oxygens (including phenoxy) is 1. The Morgan fingerprint density at radius 3 is 2.49 bits per heavy atom. The zero-order chi connectivity index (χ0) is 29.3. The standard InChI is InChI=1S/C30H36N4O6S/c1-19-28(35)29(36)27(40-30(19)37)18-32-41(38,39)25(17-31)16-23-10-11-26(33(23)2)22-7-6-21-15-24(9-8-20(21)14-22)34-12-4-3-5-13-34/h6-11,14-16,19,27-30,32,35-37H,3-5,12-13,18H2,1-2H3/b25-16+/t19-,27-,28-,29-,30?/m1/s1. The number of nitriles is 1. The minimum Gasteiger partial charge on any atom is -0.390 e. The molecule has 2 fully saturated rings. The van der Waals surface area contributed by atoms with Crippen LogP contribution in [0.3, 0.4) is 0 Å². The summed E-state index contributed by atoms with van der Waals surface area (Å²) < 4.78 is 35.2. The van der Waals surface area contributed by atoms with E-state index in [2.05, 4.69) is 40.0 Å². The number of hydrogen-bond acceptors (Lipinski definition) is 8. The lowest BCUT2D eigenvalue weighted by atomic mass is 9.92. The third kappa shape index (κ3) is 6.04. The summed E-state index contributed by atoms with van der Waals surface area (Å²) in [4.78, 5) is 1.91. The monoisotopic (exact) mass is 580 g/mol. The fourth-order valence-electron chi connectivity index (χ4n) is 5.53. The molecule has 41 heavy (non-hydrogen) atoms. The number of aliphatic hydroxyl groups excluding tert-OH is 3. The molecule has 218 valence electrons. The Kier molecular flexibility index (Phi) is 8.52. The van der Waals surface area contributed by atoms with Gasteiger partial charge in [-0.2, -0.15) is 5.26 Å². The molecular weight excluding hydrogens is 544 g/mol. The maximum atomic E-state index is 12.9. The van der Waals surface area contributed by atoms with Gasteiger partial charge >= 0.3 is 0 Å². The molecule has 2 aliphatic rings. The molecular formula is C30H36N4O6S. The molecule has 2 saturated heterocycles. The molecule has 10 nitrogen and oxygen atoms in total. The molecule has 0 aliphatic carbocycles. The van der Waals surface area contributed by atoms with Crippen LogP contribution in [0.2, 0.25) is 0 Å². The van der Waals surface area contributed by atoms with E-state index >= 15 is 0 Å². The van der Waals surface area contributed by atoms with Gasteiger partial charge in [0.15, 0.2) is 11.2 Å². The van der Waals surface area contributed by atoms with Gasteiger partial charge < -0.3 is 29.5 Å². The van der Waals surface area contributed by atoms with Gasteiger partial charge in [-0.15, -0.1) is 0 Å². The predicted octanol–water partition coefficient (Wildman–Crippen LogP) is 2.69. The Morgan fingerprint density at radius 1 is 1.05 bits per heavy atom. The SMILES string of the molecule is C[C@H]1C(O)O[C@H](CNS(=O)(=O)/C(C#N)=C/c2ccc(-c3ccc4cc(N5CCCCC5)ccc4c3)n2C)[C@@H](O)[C@@H]1O. The van der Waals surface area contributed by atoms with E-state index in [0.29, 0.717) is 5.69 Å². The Morgan fingerprint density at radius 2 is 1.76 bits per heavy atom. The number of rotatable bonds is 7. The van der Waals surface area contributed by atoms with Crippen LogP contribution in [0.1, 0.15) is 31.9 Å². The first-order valence-corrected chi connectivity index (χ1v) is 15.3. The molecule has 0 spiro atoms. The van der Waals surface area contributed by atoms with Crippen LogP contribution in [-0.2, 0) is 21.8 Å². The number of allylic oxidation sites excluding steroid dienone is 1. The van der Waals surface area contributed by atoms with Crippen LogP contribution in [0.4, 0.5) is 5.69 Å². The third-order valence-corrected chi connectivity index (χ3v) is 9.52. The molecule has 3 heterocycles. The fraction of sp³-hybridized carbons (Fsp3) is 0.433. The summed E-state index contributed by atoms with van der Waals surface area (Å²) in [5.74, 6) is -0.737. The van der Waals surface area contributed by atoms with Gasteiger partial charge in [-0.3, -0.25) is 0 Å². The average Bonchev–Trinajstić information content (AvgIpc) is 3.35. The van der Waals surface area contributed by atoms with E-state index in [9.17, 15) is 29.0 Å². The van der Waals surface area contributed by atoms with Crippen LogP contribution in [0.5, 0.6) is 0 Å². The van der Waals surface area contributed by atoms with E-state index in [1.54, 1.807) is 19.2 Å². The molecule has 1 aromatic heterocycles. The first-order valence-electron chi connectivity index (χ1n) is 13.8. The lowest BCUT2D eigenvalue weighted by Crippen LogP contribution is -2.56. The Balaban J connectivity index is 1.33. The van der Waals surface area contributed by atoms with Crippen LogP contribution < -0.4 is 9.62 Å². The summed E-state index contributed by atoms with van der Waals surface area (Å²) in [6.07, 6.45) is -0.225. The molecule has 0 amide bonds. The van der Waals surface area contributed by atoms with Crippen molar-refractivity contribution in [3.05, 3.63) is 59.1 Å². The highest BCUT2D eigenvalue weighted by Crippen LogP contribution is 2.30. The number of sulfonamides is 1. The minimum absolute atomic E-state index is 0.432. The molecule has 2 aromatic carbocycles. The second-order valence-electron chi connectivity index (χ2n) is 10.9. The van der Waals surface area contributed by atoms with Crippen molar-refractivity contribution in [2.45, 2.75) is 50.8 Å². The topological polar surface area (TPSA) is 148 Å². The van der Waals surface area contributed by atoms with Gasteiger partial charge in [-0.05, 0) is 72.0 Å². The Bertz CT molecular complexity index is 1590. The summed E-state index contributed by atoms with van der Waals surface area (Å²) in [5.41, 5.74) is 3.56. The summed E-state index contributed by atoms with van der Waals surface area (Å²) in [6.45, 7) is 3.24. The van der Waals surface area contributed by atoms with Gasteiger partial charge in [0, 0.05) is 49.7 Å². The Labute approximate surface area is 240 Å². The van der Waals surface area contributed by atoms with E-state index in [0.717, 1.165) is 35.1 Å². The van der Waals surface area contributed by atoms with Crippen molar-refractivity contribution < 1.29 is 28.5 Å². The number of fused-ring (bicyclic) bond motifs is 1. The molecule has 0 radical (unpaired) electrons. The lowest BCUT2D eigenvalue weighted by Gasteiger charge is -2.39. The summed E-state index contributed by atoms with van der Waals surface area (Å²) >= 11 is 0. The quantitative estimate of drug-likeness (QED) is 0.312. The first-order chi connectivity index (χ1) is 19.6. The second-order valence-corrected chi connectivity index (χ2v) is 12.6. The smallest absolute Gasteiger partial charge is 0.250 e.